The molecule has 0 bridgehead atoms. The Labute approximate surface area is 63.4 Å². The van der Waals surface area contributed by atoms with Crippen molar-refractivity contribution in [2.45, 2.75) is 39.7 Å². The van der Waals surface area contributed by atoms with Crippen LogP contribution in [0.3, 0.4) is 0 Å². The smallest absolute Gasteiger partial charge is 0.0501 e. The van der Waals surface area contributed by atoms with Gasteiger partial charge in [0.25, 0.3) is 0 Å². The van der Waals surface area contributed by atoms with Gasteiger partial charge < -0.3 is 10.8 Å². The van der Waals surface area contributed by atoms with Crippen LogP contribution in [0.25, 0.3) is 0 Å². The van der Waals surface area contributed by atoms with Crippen LogP contribution in [0.2, 0.25) is 0 Å². The minimum absolute atomic E-state index is 0.0417. The first-order valence-corrected chi connectivity index (χ1v) is 3.99. The molecule has 0 aromatic rings. The molecular formula is C8H19NO. The minimum atomic E-state index is -0.0417. The van der Waals surface area contributed by atoms with Crippen molar-refractivity contribution < 1.29 is 5.11 Å². The van der Waals surface area contributed by atoms with E-state index in [9.17, 15) is 0 Å². The molecule has 1 atom stereocenters. The van der Waals surface area contributed by atoms with Gasteiger partial charge >= 0.3 is 0 Å². The summed E-state index contributed by atoms with van der Waals surface area (Å²) in [5.41, 5.74) is 5.70. The monoisotopic (exact) mass is 145 g/mol. The van der Waals surface area contributed by atoms with Crippen LogP contribution in [0, 0.1) is 5.41 Å². The van der Waals surface area contributed by atoms with Gasteiger partial charge in [-0.25, -0.2) is 0 Å². The quantitative estimate of drug-likeness (QED) is 0.623. The molecule has 0 aromatic heterocycles. The van der Waals surface area contributed by atoms with Crippen molar-refractivity contribution in [1.82, 2.24) is 0 Å². The Kier molecular flexibility index (Phi) is 3.91. The Morgan fingerprint density at radius 2 is 1.80 bits per heavy atom. The number of nitrogens with two attached hydrogens (primary N) is 1. The molecule has 62 valence electrons. The predicted octanol–water partition coefficient (Wildman–Crippen LogP) is 1.13. The fraction of sp³-hybridized carbons (Fsp3) is 1.00. The highest BCUT2D eigenvalue weighted by atomic mass is 16.3. The van der Waals surface area contributed by atoms with Crippen molar-refractivity contribution in [2.75, 3.05) is 6.61 Å². The summed E-state index contributed by atoms with van der Waals surface area (Å²) in [7, 11) is 0. The van der Waals surface area contributed by atoms with Crippen molar-refractivity contribution in [3.8, 4) is 0 Å². The highest BCUT2D eigenvalue weighted by molar-refractivity contribution is 4.83. The molecule has 0 spiro atoms. The standard InChI is InChI=1S/C8H19NO/c1-4-8(5-2,6-10)7(3)9/h7,10H,4-6,9H2,1-3H3. The summed E-state index contributed by atoms with van der Waals surface area (Å²) >= 11 is 0. The molecule has 0 aromatic carbocycles. The Bertz CT molecular complexity index is 79.0. The third kappa shape index (κ3) is 1.70. The van der Waals surface area contributed by atoms with Crippen LogP contribution < -0.4 is 5.73 Å². The predicted molar refractivity (Wildman–Crippen MR) is 43.8 cm³/mol. The van der Waals surface area contributed by atoms with Crippen molar-refractivity contribution in [1.29, 1.82) is 0 Å². The van der Waals surface area contributed by atoms with Gasteiger partial charge in [0.05, 0.1) is 6.61 Å². The molecule has 0 aliphatic rings. The second-order valence-corrected chi connectivity index (χ2v) is 3.02. The topological polar surface area (TPSA) is 46.2 Å². The summed E-state index contributed by atoms with van der Waals surface area (Å²) in [4.78, 5) is 0. The Balaban J connectivity index is 4.15. The molecular weight excluding hydrogens is 126 g/mol. The SMILES string of the molecule is CCC(CC)(CO)C(C)N. The fourth-order valence-electron chi connectivity index (χ4n) is 1.26. The molecule has 0 amide bonds. The largest absolute Gasteiger partial charge is 0.396 e. The lowest BCUT2D eigenvalue weighted by molar-refractivity contribution is 0.0929. The third-order valence-corrected chi connectivity index (χ3v) is 2.69. The van der Waals surface area contributed by atoms with E-state index in [2.05, 4.69) is 13.8 Å². The zero-order chi connectivity index (χ0) is 8.20. The summed E-state index contributed by atoms with van der Waals surface area (Å²) in [6.07, 6.45) is 1.91. The van der Waals surface area contributed by atoms with Crippen LogP contribution in [-0.4, -0.2) is 17.8 Å². The zero-order valence-electron chi connectivity index (χ0n) is 7.22. The van der Waals surface area contributed by atoms with Crippen molar-refractivity contribution in [3.05, 3.63) is 0 Å². The first kappa shape index (κ1) is 9.92. The maximum absolute atomic E-state index is 9.07. The Morgan fingerprint density at radius 3 is 1.80 bits per heavy atom. The van der Waals surface area contributed by atoms with Crippen LogP contribution in [-0.2, 0) is 0 Å². The highest BCUT2D eigenvalue weighted by Gasteiger charge is 2.29. The molecule has 1 unspecified atom stereocenters. The minimum Gasteiger partial charge on any atom is -0.396 e. The zero-order valence-corrected chi connectivity index (χ0v) is 7.22. The van der Waals surface area contributed by atoms with Crippen LogP contribution in [0.4, 0.5) is 0 Å². The van der Waals surface area contributed by atoms with Crippen LogP contribution in [0.15, 0.2) is 0 Å². The van der Waals surface area contributed by atoms with Gasteiger partial charge in [0, 0.05) is 11.5 Å². The number of hydrogen-bond donors (Lipinski definition) is 2. The summed E-state index contributed by atoms with van der Waals surface area (Å²) in [5.74, 6) is 0. The second kappa shape index (κ2) is 3.94. The Morgan fingerprint density at radius 1 is 1.40 bits per heavy atom. The van der Waals surface area contributed by atoms with Crippen molar-refractivity contribution in [2.24, 2.45) is 11.1 Å². The number of aliphatic hydroxyl groups is 1. The lowest BCUT2D eigenvalue weighted by atomic mass is 9.77. The normalized spacial score (nSPS) is 15.3. The second-order valence-electron chi connectivity index (χ2n) is 3.02. The van der Waals surface area contributed by atoms with Crippen LogP contribution in [0.1, 0.15) is 33.6 Å². The van der Waals surface area contributed by atoms with Crippen molar-refractivity contribution >= 4 is 0 Å². The molecule has 3 N–H and O–H groups in total. The van der Waals surface area contributed by atoms with Crippen LogP contribution in [0.5, 0.6) is 0 Å². The molecule has 0 saturated carbocycles. The maximum Gasteiger partial charge on any atom is 0.0501 e. The average Bonchev–Trinajstić information content (AvgIpc) is 1.92. The number of rotatable bonds is 4. The molecule has 0 aliphatic carbocycles. The van der Waals surface area contributed by atoms with E-state index in [1.807, 2.05) is 6.92 Å². The van der Waals surface area contributed by atoms with E-state index < -0.39 is 0 Å². The number of hydrogen-bond acceptors (Lipinski definition) is 2. The van der Waals surface area contributed by atoms with E-state index >= 15 is 0 Å². The van der Waals surface area contributed by atoms with Gasteiger partial charge in [-0.1, -0.05) is 13.8 Å². The summed E-state index contributed by atoms with van der Waals surface area (Å²) in [6, 6.07) is 0.0903. The summed E-state index contributed by atoms with van der Waals surface area (Å²) < 4.78 is 0. The lowest BCUT2D eigenvalue weighted by Gasteiger charge is -2.33. The van der Waals surface area contributed by atoms with Gasteiger partial charge in [0.15, 0.2) is 0 Å². The Hall–Kier alpha value is -0.0800. The van der Waals surface area contributed by atoms with Gasteiger partial charge in [0.1, 0.15) is 0 Å². The van der Waals surface area contributed by atoms with E-state index in [0.717, 1.165) is 12.8 Å². The maximum atomic E-state index is 9.07. The lowest BCUT2D eigenvalue weighted by Crippen LogP contribution is -2.41. The first-order chi connectivity index (χ1) is 4.63. The van der Waals surface area contributed by atoms with Gasteiger partial charge in [-0.05, 0) is 19.8 Å². The van der Waals surface area contributed by atoms with Gasteiger partial charge in [-0.15, -0.1) is 0 Å². The molecule has 2 nitrogen and oxygen atoms in total. The van der Waals surface area contributed by atoms with E-state index in [1.165, 1.54) is 0 Å². The van der Waals surface area contributed by atoms with E-state index in [1.54, 1.807) is 0 Å². The van der Waals surface area contributed by atoms with Gasteiger partial charge in [-0.3, -0.25) is 0 Å². The summed E-state index contributed by atoms with van der Waals surface area (Å²) in [6.45, 7) is 6.31. The van der Waals surface area contributed by atoms with E-state index in [4.69, 9.17) is 10.8 Å². The highest BCUT2D eigenvalue weighted by Crippen LogP contribution is 2.28. The fourth-order valence-corrected chi connectivity index (χ4v) is 1.26. The molecule has 2 heteroatoms. The third-order valence-electron chi connectivity index (χ3n) is 2.69. The van der Waals surface area contributed by atoms with Gasteiger partial charge in [-0.2, -0.15) is 0 Å². The average molecular weight is 145 g/mol. The van der Waals surface area contributed by atoms with E-state index in [0.29, 0.717) is 0 Å². The first-order valence-electron chi connectivity index (χ1n) is 3.99. The van der Waals surface area contributed by atoms with Crippen LogP contribution >= 0.6 is 0 Å². The van der Waals surface area contributed by atoms with Crippen molar-refractivity contribution in [3.63, 3.8) is 0 Å². The molecule has 10 heavy (non-hydrogen) atoms. The van der Waals surface area contributed by atoms with E-state index in [-0.39, 0.29) is 18.1 Å². The van der Waals surface area contributed by atoms with Gasteiger partial charge in [0.2, 0.25) is 0 Å². The molecule has 0 saturated heterocycles. The molecule has 0 heterocycles. The summed E-state index contributed by atoms with van der Waals surface area (Å²) in [5, 5.41) is 9.07. The molecule has 0 fully saturated rings. The molecule has 0 rings (SSSR count). The molecule has 0 aliphatic heterocycles. The number of aliphatic hydroxyl groups excluding tert-OH is 1. The molecule has 0 radical (unpaired) electrons.